The van der Waals surface area contributed by atoms with E-state index in [9.17, 15) is 4.79 Å². The highest BCUT2D eigenvalue weighted by atomic mass is 16.7. The van der Waals surface area contributed by atoms with Crippen LogP contribution >= 0.6 is 0 Å². The molecule has 5 nitrogen and oxygen atoms in total. The van der Waals surface area contributed by atoms with Gasteiger partial charge in [-0.25, -0.2) is 0 Å². The van der Waals surface area contributed by atoms with Gasteiger partial charge in [-0.2, -0.15) is 5.26 Å². The van der Waals surface area contributed by atoms with E-state index in [0.29, 0.717) is 30.6 Å². The summed E-state index contributed by atoms with van der Waals surface area (Å²) in [6, 6.07) is 15.5. The number of carbonyl (C=O) groups excluding carboxylic acids is 1. The zero-order valence-electron chi connectivity index (χ0n) is 19.9. The maximum Gasteiger partial charge on any atom is 0.231 e. The van der Waals surface area contributed by atoms with Gasteiger partial charge in [0, 0.05) is 17.5 Å². The topological polar surface area (TPSA) is 62.6 Å². The molecule has 0 atom stereocenters. The van der Waals surface area contributed by atoms with E-state index in [1.165, 1.54) is 44.2 Å². The molecule has 2 aliphatic heterocycles. The zero-order valence-corrected chi connectivity index (χ0v) is 19.9. The largest absolute Gasteiger partial charge is 0.454 e. The molecule has 0 radical (unpaired) electrons. The number of nitriles is 1. The summed E-state index contributed by atoms with van der Waals surface area (Å²) >= 11 is 0. The quantitative estimate of drug-likeness (QED) is 0.481. The minimum Gasteiger partial charge on any atom is -0.454 e. The van der Waals surface area contributed by atoms with Crippen LogP contribution in [0.4, 0.5) is 0 Å². The van der Waals surface area contributed by atoms with Crippen LogP contribution < -0.4 is 9.47 Å². The number of benzene rings is 2. The molecule has 1 saturated heterocycles. The number of ether oxygens (including phenoxy) is 2. The Labute approximate surface area is 202 Å². The van der Waals surface area contributed by atoms with E-state index in [-0.39, 0.29) is 5.78 Å². The van der Waals surface area contributed by atoms with Crippen molar-refractivity contribution < 1.29 is 14.3 Å². The summed E-state index contributed by atoms with van der Waals surface area (Å²) in [5.41, 5.74) is 2.67. The molecule has 34 heavy (non-hydrogen) atoms. The molecule has 0 spiro atoms. The fourth-order valence-electron chi connectivity index (χ4n) is 5.94. The Morgan fingerprint density at radius 2 is 1.68 bits per heavy atom. The molecule has 2 aromatic carbocycles. The van der Waals surface area contributed by atoms with E-state index < -0.39 is 0 Å². The van der Waals surface area contributed by atoms with Gasteiger partial charge in [0.1, 0.15) is 0 Å². The van der Waals surface area contributed by atoms with Gasteiger partial charge in [0.2, 0.25) is 6.79 Å². The molecule has 178 valence electrons. The summed E-state index contributed by atoms with van der Waals surface area (Å²) in [5, 5.41) is 8.92. The summed E-state index contributed by atoms with van der Waals surface area (Å²) in [6.45, 7) is 3.85. The number of ketones is 1. The van der Waals surface area contributed by atoms with Crippen molar-refractivity contribution in [3.05, 3.63) is 59.2 Å². The van der Waals surface area contributed by atoms with Crippen molar-refractivity contribution in [3.63, 3.8) is 0 Å². The predicted octanol–water partition coefficient (Wildman–Crippen LogP) is 5.94. The normalized spacial score (nSPS) is 22.9. The summed E-state index contributed by atoms with van der Waals surface area (Å²) in [4.78, 5) is 15.2. The van der Waals surface area contributed by atoms with Crippen molar-refractivity contribution in [3.8, 4) is 17.6 Å². The second-order valence-corrected chi connectivity index (χ2v) is 10.2. The van der Waals surface area contributed by atoms with Crippen LogP contribution in [0, 0.1) is 23.2 Å². The molecule has 1 aliphatic carbocycles. The average Bonchev–Trinajstić information content (AvgIpc) is 3.38. The molecule has 1 saturated carbocycles. The van der Waals surface area contributed by atoms with Crippen LogP contribution in [0.15, 0.2) is 42.5 Å². The number of hydrogen-bond donors (Lipinski definition) is 0. The van der Waals surface area contributed by atoms with Crippen molar-refractivity contribution in [1.29, 1.82) is 5.26 Å². The Kier molecular flexibility index (Phi) is 7.16. The van der Waals surface area contributed by atoms with Crippen LogP contribution in [0.5, 0.6) is 11.5 Å². The Balaban J connectivity index is 1.02. The van der Waals surface area contributed by atoms with Gasteiger partial charge in [0.15, 0.2) is 17.3 Å². The lowest BCUT2D eigenvalue weighted by molar-refractivity contribution is 0.0939. The third-order valence-electron chi connectivity index (χ3n) is 8.08. The summed E-state index contributed by atoms with van der Waals surface area (Å²) in [5.74, 6) is 3.95. The van der Waals surface area contributed by atoms with E-state index in [4.69, 9.17) is 14.7 Å². The number of piperidine rings is 1. The maximum absolute atomic E-state index is 12.6. The van der Waals surface area contributed by atoms with Gasteiger partial charge in [0.25, 0.3) is 0 Å². The molecular formula is C29H34N2O3. The lowest BCUT2D eigenvalue weighted by Crippen LogP contribution is -2.34. The molecule has 3 aliphatic rings. The van der Waals surface area contributed by atoms with Gasteiger partial charge >= 0.3 is 0 Å². The second-order valence-electron chi connectivity index (χ2n) is 10.2. The Bertz CT molecular complexity index is 1030. The smallest absolute Gasteiger partial charge is 0.231 e. The van der Waals surface area contributed by atoms with E-state index >= 15 is 0 Å². The standard InChI is InChI=1S/C29H34N2O3/c30-19-23-8-10-25(11-9-23)27(32)18-22-6-4-21(5-7-22)12-15-31-16-13-24(14-17-31)26-2-1-3-28-29(26)34-20-33-28/h1-3,8-11,21-22,24H,4-7,12-18,20H2. The van der Waals surface area contributed by atoms with Crippen LogP contribution in [0.3, 0.4) is 0 Å². The van der Waals surface area contributed by atoms with Crippen molar-refractivity contribution in [2.24, 2.45) is 11.8 Å². The highest BCUT2D eigenvalue weighted by Crippen LogP contribution is 2.42. The first-order valence-corrected chi connectivity index (χ1v) is 12.8. The van der Waals surface area contributed by atoms with Crippen molar-refractivity contribution in [1.82, 2.24) is 4.90 Å². The number of fused-ring (bicyclic) bond motifs is 1. The SMILES string of the molecule is N#Cc1ccc(C(=O)CC2CCC(CCN3CCC(c4cccc5c4OCO5)CC3)CC2)cc1. The molecule has 5 heteroatoms. The molecule has 0 N–H and O–H groups in total. The minimum absolute atomic E-state index is 0.219. The van der Waals surface area contributed by atoms with Crippen LogP contribution in [0.25, 0.3) is 0 Å². The average molecular weight is 459 g/mol. The Morgan fingerprint density at radius 1 is 0.941 bits per heavy atom. The Morgan fingerprint density at radius 3 is 2.41 bits per heavy atom. The first kappa shape index (κ1) is 22.9. The monoisotopic (exact) mass is 458 g/mol. The van der Waals surface area contributed by atoms with Crippen LogP contribution in [-0.2, 0) is 0 Å². The van der Waals surface area contributed by atoms with Crippen LogP contribution in [0.1, 0.15) is 78.8 Å². The zero-order chi connectivity index (χ0) is 23.3. The fraction of sp³-hybridized carbons (Fsp3) is 0.517. The highest BCUT2D eigenvalue weighted by molar-refractivity contribution is 5.96. The second kappa shape index (κ2) is 10.6. The molecule has 2 aromatic rings. The lowest BCUT2D eigenvalue weighted by atomic mass is 9.78. The van der Waals surface area contributed by atoms with Crippen molar-refractivity contribution in [2.45, 2.75) is 57.3 Å². The van der Waals surface area contributed by atoms with E-state index in [0.717, 1.165) is 48.9 Å². The van der Waals surface area contributed by atoms with Gasteiger partial charge in [-0.05, 0) is 87.7 Å². The number of Topliss-reactive ketones (excluding diaryl/α,β-unsaturated/α-hetero) is 1. The molecular weight excluding hydrogens is 424 g/mol. The molecule has 2 fully saturated rings. The van der Waals surface area contributed by atoms with Gasteiger partial charge in [0.05, 0.1) is 11.6 Å². The summed E-state index contributed by atoms with van der Waals surface area (Å²) < 4.78 is 11.3. The molecule has 0 bridgehead atoms. The molecule has 0 aromatic heterocycles. The summed E-state index contributed by atoms with van der Waals surface area (Å²) in [7, 11) is 0. The maximum atomic E-state index is 12.6. The number of likely N-dealkylation sites (tertiary alicyclic amines) is 1. The van der Waals surface area contributed by atoms with Gasteiger partial charge < -0.3 is 14.4 Å². The first-order chi connectivity index (χ1) is 16.7. The number of nitrogens with zero attached hydrogens (tertiary/aromatic N) is 2. The van der Waals surface area contributed by atoms with E-state index in [1.54, 1.807) is 24.3 Å². The fourth-order valence-corrected chi connectivity index (χ4v) is 5.94. The molecule has 5 rings (SSSR count). The van der Waals surface area contributed by atoms with E-state index in [2.05, 4.69) is 23.1 Å². The third-order valence-corrected chi connectivity index (χ3v) is 8.08. The van der Waals surface area contributed by atoms with Crippen LogP contribution in [0.2, 0.25) is 0 Å². The minimum atomic E-state index is 0.219. The third kappa shape index (κ3) is 5.28. The number of para-hydroxylation sites is 1. The first-order valence-electron chi connectivity index (χ1n) is 12.8. The number of carbonyl (C=O) groups is 1. The number of rotatable bonds is 7. The van der Waals surface area contributed by atoms with Crippen molar-refractivity contribution >= 4 is 5.78 Å². The molecule has 0 amide bonds. The lowest BCUT2D eigenvalue weighted by Gasteiger charge is -2.34. The predicted molar refractivity (Wildman–Crippen MR) is 131 cm³/mol. The van der Waals surface area contributed by atoms with Crippen molar-refractivity contribution in [2.75, 3.05) is 26.4 Å². The van der Waals surface area contributed by atoms with Gasteiger partial charge in [-0.1, -0.05) is 37.1 Å². The van der Waals surface area contributed by atoms with Gasteiger partial charge in [-0.3, -0.25) is 4.79 Å². The highest BCUT2D eigenvalue weighted by Gasteiger charge is 2.28. The van der Waals surface area contributed by atoms with Crippen LogP contribution in [-0.4, -0.2) is 37.1 Å². The number of hydrogen-bond acceptors (Lipinski definition) is 5. The molecule has 2 heterocycles. The molecule has 0 unspecified atom stereocenters. The van der Waals surface area contributed by atoms with Gasteiger partial charge in [-0.15, -0.1) is 0 Å². The summed E-state index contributed by atoms with van der Waals surface area (Å²) in [6.07, 6.45) is 9.10. The van der Waals surface area contributed by atoms with E-state index in [1.807, 2.05) is 6.07 Å². The Hall–Kier alpha value is -2.84.